The number of hydrogen-bond donors (Lipinski definition) is 2. The van der Waals surface area contributed by atoms with Crippen LogP contribution in [-0.2, 0) is 16.6 Å². The molecule has 0 spiro atoms. The Hall–Kier alpha value is -2.40. The van der Waals surface area contributed by atoms with Gasteiger partial charge in [0.1, 0.15) is 0 Å². The van der Waals surface area contributed by atoms with E-state index in [1.807, 2.05) is 0 Å². The van der Waals surface area contributed by atoms with Crippen LogP contribution in [0.2, 0.25) is 5.02 Å². The third-order valence-electron chi connectivity index (χ3n) is 3.13. The van der Waals surface area contributed by atoms with Gasteiger partial charge in [0.2, 0.25) is 9.47 Å². The molecule has 26 heavy (non-hydrogen) atoms. The molecule has 134 valence electrons. The van der Waals surface area contributed by atoms with E-state index in [9.17, 15) is 13.2 Å². The second-order valence-corrected chi connectivity index (χ2v) is 8.33. The van der Waals surface area contributed by atoms with Gasteiger partial charge in [-0.3, -0.25) is 15.1 Å². The first kappa shape index (κ1) is 18.4. The number of rotatable bonds is 6. The van der Waals surface area contributed by atoms with Crippen molar-refractivity contribution in [2.45, 2.75) is 10.9 Å². The van der Waals surface area contributed by atoms with Gasteiger partial charge in [-0.25, -0.2) is 13.1 Å². The van der Waals surface area contributed by atoms with E-state index in [-0.39, 0.29) is 16.0 Å². The van der Waals surface area contributed by atoms with Crippen LogP contribution in [0, 0.1) is 0 Å². The predicted molar refractivity (Wildman–Crippen MR) is 97.6 cm³/mol. The molecule has 1 aromatic carbocycles. The summed E-state index contributed by atoms with van der Waals surface area (Å²) in [5, 5.41) is 10.4. The number of nitrogens with zero attached hydrogens (tertiary/aromatic N) is 3. The molecule has 11 heteroatoms. The summed E-state index contributed by atoms with van der Waals surface area (Å²) >= 11 is 6.52. The fourth-order valence-electron chi connectivity index (χ4n) is 1.87. The second kappa shape index (κ2) is 7.87. The lowest BCUT2D eigenvalue weighted by Gasteiger charge is -2.02. The first-order chi connectivity index (χ1) is 12.4. The maximum Gasteiger partial charge on any atom is 0.270 e. The van der Waals surface area contributed by atoms with Crippen molar-refractivity contribution in [1.29, 1.82) is 0 Å². The van der Waals surface area contributed by atoms with E-state index in [4.69, 9.17) is 11.6 Å². The Balaban J connectivity index is 1.66. The van der Waals surface area contributed by atoms with Gasteiger partial charge in [-0.15, -0.1) is 10.2 Å². The van der Waals surface area contributed by atoms with E-state index in [1.54, 1.807) is 48.7 Å². The number of benzene rings is 1. The van der Waals surface area contributed by atoms with Gasteiger partial charge in [0.05, 0.1) is 12.2 Å². The first-order valence-electron chi connectivity index (χ1n) is 7.24. The van der Waals surface area contributed by atoms with Crippen molar-refractivity contribution in [3.8, 4) is 0 Å². The third-order valence-corrected chi connectivity index (χ3v) is 5.99. The number of hydrogen-bond acceptors (Lipinski definition) is 7. The molecule has 2 N–H and O–H groups in total. The Labute approximate surface area is 158 Å². The number of carbonyl (C=O) groups excluding carboxylic acids is 1. The van der Waals surface area contributed by atoms with Crippen LogP contribution in [0.25, 0.3) is 0 Å². The summed E-state index contributed by atoms with van der Waals surface area (Å²) in [6.07, 6.45) is 1.57. The Kier molecular flexibility index (Phi) is 5.57. The zero-order chi connectivity index (χ0) is 18.6. The molecule has 0 atom stereocenters. The molecule has 2 aromatic heterocycles. The van der Waals surface area contributed by atoms with E-state index in [1.165, 1.54) is 0 Å². The minimum absolute atomic E-state index is 0.0230. The number of sulfonamides is 1. The molecule has 0 aliphatic rings. The van der Waals surface area contributed by atoms with Crippen LogP contribution < -0.4 is 10.0 Å². The average molecular weight is 410 g/mol. The lowest BCUT2D eigenvalue weighted by atomic mass is 10.2. The van der Waals surface area contributed by atoms with Crippen molar-refractivity contribution in [2.75, 3.05) is 5.32 Å². The van der Waals surface area contributed by atoms with E-state index in [0.717, 1.165) is 11.3 Å². The minimum atomic E-state index is -3.86. The van der Waals surface area contributed by atoms with Gasteiger partial charge in [0, 0.05) is 16.8 Å². The number of amides is 1. The van der Waals surface area contributed by atoms with Crippen molar-refractivity contribution >= 4 is 44.0 Å². The van der Waals surface area contributed by atoms with Crippen LogP contribution in [0.4, 0.5) is 5.13 Å². The minimum Gasteiger partial charge on any atom is -0.296 e. The van der Waals surface area contributed by atoms with Gasteiger partial charge in [-0.2, -0.15) is 0 Å². The smallest absolute Gasteiger partial charge is 0.270 e. The normalized spacial score (nSPS) is 11.3. The molecular formula is C15H12ClN5O3S2. The van der Waals surface area contributed by atoms with Gasteiger partial charge in [-0.1, -0.05) is 29.0 Å². The standard InChI is InChI=1S/C15H12ClN5O3S2/c16-11-6-4-10(5-7-11)13(22)19-14-20-21-15(25-14)26(23,24)18-9-12-3-1-2-8-17-12/h1-8,18H,9H2,(H,19,20,22). The monoisotopic (exact) mass is 409 g/mol. The van der Waals surface area contributed by atoms with E-state index in [2.05, 4.69) is 25.2 Å². The van der Waals surface area contributed by atoms with Gasteiger partial charge >= 0.3 is 0 Å². The molecule has 3 rings (SSSR count). The quantitative estimate of drug-likeness (QED) is 0.604. The Morgan fingerprint density at radius 3 is 2.58 bits per heavy atom. The Morgan fingerprint density at radius 2 is 1.88 bits per heavy atom. The molecule has 0 radical (unpaired) electrons. The maximum absolute atomic E-state index is 12.3. The van der Waals surface area contributed by atoms with E-state index < -0.39 is 15.9 Å². The SMILES string of the molecule is O=C(Nc1nnc(S(=O)(=O)NCc2ccccn2)s1)c1ccc(Cl)cc1. The summed E-state index contributed by atoms with van der Waals surface area (Å²) in [4.78, 5) is 16.1. The first-order valence-corrected chi connectivity index (χ1v) is 9.92. The summed E-state index contributed by atoms with van der Waals surface area (Å²) in [5.74, 6) is -0.441. The van der Waals surface area contributed by atoms with Crippen molar-refractivity contribution in [2.24, 2.45) is 0 Å². The summed E-state index contributed by atoms with van der Waals surface area (Å²) in [6.45, 7) is 0.0230. The maximum atomic E-state index is 12.3. The fourth-order valence-corrected chi connectivity index (χ4v) is 3.93. The van der Waals surface area contributed by atoms with Crippen LogP contribution >= 0.6 is 22.9 Å². The molecule has 0 aliphatic heterocycles. The van der Waals surface area contributed by atoms with Crippen LogP contribution in [0.15, 0.2) is 53.0 Å². The van der Waals surface area contributed by atoms with Crippen molar-refractivity contribution < 1.29 is 13.2 Å². The van der Waals surface area contributed by atoms with Crippen molar-refractivity contribution in [1.82, 2.24) is 19.9 Å². The van der Waals surface area contributed by atoms with E-state index in [0.29, 0.717) is 16.3 Å². The van der Waals surface area contributed by atoms with Crippen LogP contribution in [0.1, 0.15) is 16.1 Å². The zero-order valence-electron chi connectivity index (χ0n) is 13.1. The third kappa shape index (κ3) is 4.61. The van der Waals surface area contributed by atoms with Gasteiger partial charge < -0.3 is 0 Å². The van der Waals surface area contributed by atoms with Gasteiger partial charge in [-0.05, 0) is 36.4 Å². The molecule has 0 saturated heterocycles. The lowest BCUT2D eigenvalue weighted by Crippen LogP contribution is -2.23. The molecule has 0 saturated carbocycles. The highest BCUT2D eigenvalue weighted by atomic mass is 35.5. The Morgan fingerprint density at radius 1 is 1.12 bits per heavy atom. The second-order valence-electron chi connectivity index (χ2n) is 4.98. The number of carbonyl (C=O) groups is 1. The summed E-state index contributed by atoms with van der Waals surface area (Å²) in [6, 6.07) is 11.4. The van der Waals surface area contributed by atoms with Crippen LogP contribution in [-0.4, -0.2) is 29.5 Å². The fraction of sp³-hybridized carbons (Fsp3) is 0.0667. The molecule has 2 heterocycles. The van der Waals surface area contributed by atoms with E-state index >= 15 is 0 Å². The number of anilines is 1. The lowest BCUT2D eigenvalue weighted by molar-refractivity contribution is 0.102. The predicted octanol–water partition coefficient (Wildman–Crippen LogP) is 2.32. The molecule has 0 fully saturated rings. The number of pyridine rings is 1. The van der Waals surface area contributed by atoms with Crippen molar-refractivity contribution in [3.63, 3.8) is 0 Å². The molecule has 0 unspecified atom stereocenters. The molecule has 0 aliphatic carbocycles. The molecule has 8 nitrogen and oxygen atoms in total. The Bertz CT molecular complexity index is 1010. The van der Waals surface area contributed by atoms with Crippen LogP contribution in [0.3, 0.4) is 0 Å². The number of halogens is 1. The average Bonchev–Trinajstić information content (AvgIpc) is 3.11. The van der Waals surface area contributed by atoms with Gasteiger partial charge in [0.15, 0.2) is 0 Å². The molecule has 0 bridgehead atoms. The highest BCUT2D eigenvalue weighted by Crippen LogP contribution is 2.21. The topological polar surface area (TPSA) is 114 Å². The van der Waals surface area contributed by atoms with Gasteiger partial charge in [0.25, 0.3) is 15.9 Å². The highest BCUT2D eigenvalue weighted by molar-refractivity contribution is 7.91. The zero-order valence-corrected chi connectivity index (χ0v) is 15.5. The summed E-state index contributed by atoms with van der Waals surface area (Å²) < 4.78 is 26.6. The summed E-state index contributed by atoms with van der Waals surface area (Å²) in [5.41, 5.74) is 0.930. The van der Waals surface area contributed by atoms with Crippen LogP contribution in [0.5, 0.6) is 0 Å². The molecular weight excluding hydrogens is 398 g/mol. The number of nitrogens with one attached hydrogen (secondary N) is 2. The highest BCUT2D eigenvalue weighted by Gasteiger charge is 2.21. The molecule has 1 amide bonds. The molecule has 3 aromatic rings. The summed E-state index contributed by atoms with van der Waals surface area (Å²) in [7, 11) is -3.86. The van der Waals surface area contributed by atoms with Crippen molar-refractivity contribution in [3.05, 3.63) is 64.9 Å². The number of aromatic nitrogens is 3. The largest absolute Gasteiger partial charge is 0.296 e.